The van der Waals surface area contributed by atoms with Gasteiger partial charge in [0, 0.05) is 19.1 Å². The third kappa shape index (κ3) is 4.87. The predicted octanol–water partition coefficient (Wildman–Crippen LogP) is 2.39. The molecule has 2 aromatic rings. The molecular weight excluding hydrogens is 350 g/mol. The number of carbonyl (C=O) groups excluding carboxylic acids is 1. The highest BCUT2D eigenvalue weighted by Crippen LogP contribution is 2.21. The van der Waals surface area contributed by atoms with Crippen molar-refractivity contribution in [3.05, 3.63) is 53.2 Å². The Morgan fingerprint density at radius 1 is 1.14 bits per heavy atom. The van der Waals surface area contributed by atoms with E-state index in [4.69, 9.17) is 0 Å². The van der Waals surface area contributed by atoms with E-state index in [1.165, 1.54) is 5.56 Å². The molecule has 1 aliphatic rings. The molecule has 1 aromatic carbocycles. The minimum Gasteiger partial charge on any atom is -0.351 e. The molecule has 3 rings (SSSR count). The molecule has 1 saturated heterocycles. The summed E-state index contributed by atoms with van der Waals surface area (Å²) in [6, 6.07) is 12.6. The van der Waals surface area contributed by atoms with E-state index in [0.717, 1.165) is 30.2 Å². The predicted molar refractivity (Wildman–Crippen MR) is 113 cm³/mol. The van der Waals surface area contributed by atoms with E-state index in [0.29, 0.717) is 12.3 Å². The lowest BCUT2D eigenvalue weighted by molar-refractivity contribution is -0.121. The standard InChI is InChI=1S/C22H31N5O/c1-15(2)18-9-7-17(8-10-18)12-22(28)23-19-13-27(14-20(19)26(4)5)21-11-6-16(3)24-25-21/h6-11,15,19-20H,12-14H2,1-5H3,(H,23,28)/t19-,20+/m1/s1. The lowest BCUT2D eigenvalue weighted by Crippen LogP contribution is -2.49. The fourth-order valence-electron chi connectivity index (χ4n) is 3.66. The van der Waals surface area contributed by atoms with E-state index in [1.54, 1.807) is 0 Å². The first-order valence-electron chi connectivity index (χ1n) is 9.93. The van der Waals surface area contributed by atoms with E-state index < -0.39 is 0 Å². The van der Waals surface area contributed by atoms with Gasteiger partial charge in [0.2, 0.25) is 5.91 Å². The van der Waals surface area contributed by atoms with Crippen LogP contribution in [-0.2, 0) is 11.2 Å². The Morgan fingerprint density at radius 2 is 1.86 bits per heavy atom. The average molecular weight is 382 g/mol. The Morgan fingerprint density at radius 3 is 2.43 bits per heavy atom. The lowest BCUT2D eigenvalue weighted by Gasteiger charge is -2.25. The van der Waals surface area contributed by atoms with Crippen molar-refractivity contribution < 1.29 is 4.79 Å². The van der Waals surface area contributed by atoms with Crippen molar-refractivity contribution in [1.29, 1.82) is 0 Å². The Bertz CT molecular complexity index is 786. The molecule has 0 spiro atoms. The van der Waals surface area contributed by atoms with Crippen molar-refractivity contribution >= 4 is 11.7 Å². The van der Waals surface area contributed by atoms with Crippen LogP contribution in [-0.4, -0.2) is 60.3 Å². The average Bonchev–Trinajstić information content (AvgIpc) is 3.06. The molecule has 6 nitrogen and oxygen atoms in total. The number of aryl methyl sites for hydroxylation is 1. The van der Waals surface area contributed by atoms with Crippen molar-refractivity contribution in [2.45, 2.75) is 45.2 Å². The molecule has 0 saturated carbocycles. The van der Waals surface area contributed by atoms with Gasteiger partial charge in [0.05, 0.1) is 18.2 Å². The zero-order valence-electron chi connectivity index (χ0n) is 17.5. The summed E-state index contributed by atoms with van der Waals surface area (Å²) in [5.74, 6) is 1.42. The topological polar surface area (TPSA) is 61.4 Å². The normalized spacial score (nSPS) is 19.5. The Labute approximate surface area is 168 Å². The van der Waals surface area contributed by atoms with Gasteiger partial charge in [-0.2, -0.15) is 5.10 Å². The first kappa shape index (κ1) is 20.3. The molecule has 2 heterocycles. The molecular formula is C22H31N5O. The molecule has 0 radical (unpaired) electrons. The van der Waals surface area contributed by atoms with Gasteiger partial charge in [0.25, 0.3) is 0 Å². The van der Waals surface area contributed by atoms with E-state index in [1.807, 2.05) is 19.1 Å². The van der Waals surface area contributed by atoms with Crippen molar-refractivity contribution in [3.8, 4) is 0 Å². The Hall–Kier alpha value is -2.47. The summed E-state index contributed by atoms with van der Waals surface area (Å²) in [6.07, 6.45) is 0.402. The summed E-state index contributed by atoms with van der Waals surface area (Å²) >= 11 is 0. The minimum atomic E-state index is 0.0561. The number of rotatable bonds is 6. The van der Waals surface area contributed by atoms with Gasteiger partial charge in [-0.25, -0.2) is 0 Å². The quantitative estimate of drug-likeness (QED) is 0.832. The number of nitrogens with one attached hydrogen (secondary N) is 1. The minimum absolute atomic E-state index is 0.0561. The van der Waals surface area contributed by atoms with E-state index >= 15 is 0 Å². The summed E-state index contributed by atoms with van der Waals surface area (Å²) in [4.78, 5) is 17.0. The van der Waals surface area contributed by atoms with Gasteiger partial charge >= 0.3 is 0 Å². The van der Waals surface area contributed by atoms with E-state index in [9.17, 15) is 4.79 Å². The number of likely N-dealkylation sites (N-methyl/N-ethyl adjacent to an activating group) is 1. The maximum absolute atomic E-state index is 12.7. The third-order valence-electron chi connectivity index (χ3n) is 5.42. The molecule has 0 bridgehead atoms. The van der Waals surface area contributed by atoms with Crippen LogP contribution in [0.15, 0.2) is 36.4 Å². The number of amides is 1. The SMILES string of the molecule is Cc1ccc(N2C[C@@H](NC(=O)Cc3ccc(C(C)C)cc3)[C@@H](N(C)C)C2)nn1. The Kier molecular flexibility index (Phi) is 6.29. The zero-order chi connectivity index (χ0) is 20.3. The van der Waals surface area contributed by atoms with Crippen LogP contribution in [0.25, 0.3) is 0 Å². The largest absolute Gasteiger partial charge is 0.351 e. The second kappa shape index (κ2) is 8.69. The maximum Gasteiger partial charge on any atom is 0.224 e. The number of benzene rings is 1. The third-order valence-corrected chi connectivity index (χ3v) is 5.42. The zero-order valence-corrected chi connectivity index (χ0v) is 17.5. The first-order valence-corrected chi connectivity index (χ1v) is 9.93. The molecule has 150 valence electrons. The van der Waals surface area contributed by atoms with Crippen molar-refractivity contribution in [2.75, 3.05) is 32.1 Å². The van der Waals surface area contributed by atoms with Crippen LogP contribution >= 0.6 is 0 Å². The van der Waals surface area contributed by atoms with Crippen LogP contribution < -0.4 is 10.2 Å². The Balaban J connectivity index is 1.63. The second-order valence-electron chi connectivity index (χ2n) is 8.22. The number of nitrogens with zero attached hydrogens (tertiary/aromatic N) is 4. The van der Waals surface area contributed by atoms with E-state index in [-0.39, 0.29) is 18.0 Å². The highest BCUT2D eigenvalue weighted by molar-refractivity contribution is 5.79. The van der Waals surface area contributed by atoms with Crippen LogP contribution in [0.5, 0.6) is 0 Å². The summed E-state index contributed by atoms with van der Waals surface area (Å²) in [5, 5.41) is 11.7. The molecule has 1 fully saturated rings. The maximum atomic E-state index is 12.7. The molecule has 0 aliphatic carbocycles. The van der Waals surface area contributed by atoms with Crippen LogP contribution in [0.4, 0.5) is 5.82 Å². The first-order chi connectivity index (χ1) is 13.3. The summed E-state index contributed by atoms with van der Waals surface area (Å²) in [7, 11) is 4.11. The fourth-order valence-corrected chi connectivity index (χ4v) is 3.66. The van der Waals surface area contributed by atoms with Crippen LogP contribution in [0.2, 0.25) is 0 Å². The molecule has 0 unspecified atom stereocenters. The van der Waals surface area contributed by atoms with Crippen molar-refractivity contribution in [2.24, 2.45) is 0 Å². The van der Waals surface area contributed by atoms with Gasteiger partial charge in [-0.1, -0.05) is 38.1 Å². The molecule has 1 amide bonds. The molecule has 1 N–H and O–H groups in total. The monoisotopic (exact) mass is 381 g/mol. The molecule has 6 heteroatoms. The fraction of sp³-hybridized carbons (Fsp3) is 0.500. The molecule has 1 aliphatic heterocycles. The molecule has 28 heavy (non-hydrogen) atoms. The van der Waals surface area contributed by atoms with Gasteiger partial charge in [-0.05, 0) is 50.2 Å². The van der Waals surface area contributed by atoms with Gasteiger partial charge in [0.15, 0.2) is 5.82 Å². The number of aromatic nitrogens is 2. The van der Waals surface area contributed by atoms with E-state index in [2.05, 4.69) is 77.5 Å². The number of carbonyl (C=O) groups is 1. The van der Waals surface area contributed by atoms with Crippen molar-refractivity contribution in [1.82, 2.24) is 20.4 Å². The number of hydrogen-bond donors (Lipinski definition) is 1. The van der Waals surface area contributed by atoms with Crippen LogP contribution in [0, 0.1) is 6.92 Å². The van der Waals surface area contributed by atoms with Crippen LogP contribution in [0.1, 0.15) is 36.6 Å². The molecule has 2 atom stereocenters. The number of hydrogen-bond acceptors (Lipinski definition) is 5. The van der Waals surface area contributed by atoms with Gasteiger partial charge in [-0.3, -0.25) is 4.79 Å². The van der Waals surface area contributed by atoms with Crippen molar-refractivity contribution in [3.63, 3.8) is 0 Å². The molecule has 1 aromatic heterocycles. The lowest BCUT2D eigenvalue weighted by atomic mass is 10.0. The van der Waals surface area contributed by atoms with Gasteiger partial charge in [-0.15, -0.1) is 5.10 Å². The number of anilines is 1. The summed E-state index contributed by atoms with van der Waals surface area (Å²) in [5.41, 5.74) is 3.24. The summed E-state index contributed by atoms with van der Waals surface area (Å²) < 4.78 is 0. The highest BCUT2D eigenvalue weighted by Gasteiger charge is 2.35. The second-order valence-corrected chi connectivity index (χ2v) is 8.22. The summed E-state index contributed by atoms with van der Waals surface area (Å²) in [6.45, 7) is 7.83. The smallest absolute Gasteiger partial charge is 0.224 e. The van der Waals surface area contributed by atoms with Gasteiger partial charge in [0.1, 0.15) is 0 Å². The highest BCUT2D eigenvalue weighted by atomic mass is 16.1. The van der Waals surface area contributed by atoms with Crippen LogP contribution in [0.3, 0.4) is 0 Å². The van der Waals surface area contributed by atoms with Gasteiger partial charge < -0.3 is 15.1 Å².